The Balaban J connectivity index is 1.12. The Morgan fingerprint density at radius 2 is 2.02 bits per heavy atom. The lowest BCUT2D eigenvalue weighted by Gasteiger charge is -2.10. The summed E-state index contributed by atoms with van der Waals surface area (Å²) < 4.78 is 26.1. The van der Waals surface area contributed by atoms with Crippen LogP contribution in [0.2, 0.25) is 5.02 Å². The Labute approximate surface area is 247 Å². The molecule has 0 radical (unpaired) electrons. The van der Waals surface area contributed by atoms with Crippen LogP contribution in [0.3, 0.4) is 0 Å². The van der Waals surface area contributed by atoms with Crippen LogP contribution in [0.5, 0.6) is 0 Å². The maximum atomic E-state index is 14.5. The fourth-order valence-corrected chi connectivity index (χ4v) is 5.05. The van der Waals surface area contributed by atoms with Crippen molar-refractivity contribution in [2.45, 2.75) is 38.8 Å². The highest BCUT2D eigenvalue weighted by Crippen LogP contribution is 2.41. The topological polar surface area (TPSA) is 151 Å². The minimum atomic E-state index is -0.613. The molecule has 0 spiro atoms. The van der Waals surface area contributed by atoms with Gasteiger partial charge < -0.3 is 18.9 Å². The largest absolute Gasteiger partial charge is 0.460 e. The van der Waals surface area contributed by atoms with Gasteiger partial charge in [0.15, 0.2) is 17.2 Å². The number of nitrogens with one attached hydrogen (secondary N) is 1. The second-order valence-corrected chi connectivity index (χ2v) is 10.5. The molecular formula is C27H23ClFN11O3. The average molecular weight is 604 g/mol. The first kappa shape index (κ1) is 26.7. The molecule has 0 aromatic carbocycles. The predicted octanol–water partition coefficient (Wildman–Crippen LogP) is 2.98. The smallest absolute Gasteiger partial charge is 0.376 e. The highest BCUT2D eigenvalue weighted by molar-refractivity contribution is 6.31. The normalized spacial score (nSPS) is 13.2. The number of esters is 1. The van der Waals surface area contributed by atoms with Gasteiger partial charge in [0.2, 0.25) is 5.82 Å². The standard InChI is InChI=1S/C27H23ClFN11O3/c1-2-43-27(42)25-35-32-14-40(25)21-7-16(15-3-4-15)9-38-10-17(33-24(21)38)11-39-12-20(34-36-39)26(41)30-8-19-23-22(29)18(28)5-6-37(23)13-31-19/h5-7,9-10,12-15H,2-4,8,11H2,1H3,(H,30,41). The van der Waals surface area contributed by atoms with Crippen LogP contribution in [-0.4, -0.2) is 67.0 Å². The molecule has 43 heavy (non-hydrogen) atoms. The maximum absolute atomic E-state index is 14.5. The zero-order chi connectivity index (χ0) is 29.7. The molecular weight excluding hydrogens is 581 g/mol. The monoisotopic (exact) mass is 603 g/mol. The Morgan fingerprint density at radius 3 is 2.84 bits per heavy atom. The third kappa shape index (κ3) is 4.97. The van der Waals surface area contributed by atoms with Gasteiger partial charge in [-0.3, -0.25) is 9.36 Å². The first-order chi connectivity index (χ1) is 20.9. The van der Waals surface area contributed by atoms with Crippen LogP contribution in [0.4, 0.5) is 4.39 Å². The van der Waals surface area contributed by atoms with E-state index < -0.39 is 17.7 Å². The van der Waals surface area contributed by atoms with Gasteiger partial charge in [-0.2, -0.15) is 0 Å². The molecule has 16 heteroatoms. The zero-order valence-corrected chi connectivity index (χ0v) is 23.4. The van der Waals surface area contributed by atoms with Crippen LogP contribution in [0.1, 0.15) is 63.7 Å². The number of halogens is 2. The molecule has 1 saturated carbocycles. The lowest BCUT2D eigenvalue weighted by atomic mass is 10.2. The summed E-state index contributed by atoms with van der Waals surface area (Å²) in [7, 11) is 0. The van der Waals surface area contributed by atoms with E-state index in [1.807, 2.05) is 22.9 Å². The van der Waals surface area contributed by atoms with E-state index in [-0.39, 0.29) is 41.8 Å². The average Bonchev–Trinajstić information content (AvgIpc) is 3.36. The van der Waals surface area contributed by atoms with Crippen molar-refractivity contribution < 1.29 is 18.7 Å². The van der Waals surface area contributed by atoms with Gasteiger partial charge in [-0.15, -0.1) is 15.3 Å². The molecule has 0 unspecified atom stereocenters. The van der Waals surface area contributed by atoms with Crippen LogP contribution in [-0.2, 0) is 17.8 Å². The highest BCUT2D eigenvalue weighted by atomic mass is 35.5. The number of rotatable bonds is 9. The number of amides is 1. The SMILES string of the molecule is CCOC(=O)c1nncn1-c1cc(C2CC2)cn2cc(Cn3cc(C(=O)NCc4ncn5ccc(Cl)c(F)c45)nn3)nc12. The van der Waals surface area contributed by atoms with Crippen molar-refractivity contribution in [1.29, 1.82) is 0 Å². The molecule has 6 heterocycles. The van der Waals surface area contributed by atoms with E-state index in [1.54, 1.807) is 17.7 Å². The molecule has 218 valence electrons. The van der Waals surface area contributed by atoms with Crippen molar-refractivity contribution in [3.63, 3.8) is 0 Å². The summed E-state index contributed by atoms with van der Waals surface area (Å²) in [6, 6.07) is 3.43. The van der Waals surface area contributed by atoms with Gasteiger partial charge in [0, 0.05) is 18.6 Å². The highest BCUT2D eigenvalue weighted by Gasteiger charge is 2.27. The summed E-state index contributed by atoms with van der Waals surface area (Å²) in [6.45, 7) is 2.13. The lowest BCUT2D eigenvalue weighted by Crippen LogP contribution is -2.23. The summed E-state index contributed by atoms with van der Waals surface area (Å²) in [5.41, 5.74) is 3.58. The minimum absolute atomic E-state index is 0.0328. The van der Waals surface area contributed by atoms with Gasteiger partial charge in [0.05, 0.1) is 54.3 Å². The number of hydrogen-bond acceptors (Lipinski definition) is 9. The van der Waals surface area contributed by atoms with Gasteiger partial charge in [-0.1, -0.05) is 16.8 Å². The van der Waals surface area contributed by atoms with E-state index in [4.69, 9.17) is 21.3 Å². The summed E-state index contributed by atoms with van der Waals surface area (Å²) in [4.78, 5) is 34.3. The van der Waals surface area contributed by atoms with Crippen LogP contribution in [0, 0.1) is 5.82 Å². The van der Waals surface area contributed by atoms with E-state index >= 15 is 0 Å². The summed E-state index contributed by atoms with van der Waals surface area (Å²) in [6.07, 6.45) is 12.1. The van der Waals surface area contributed by atoms with Crippen LogP contribution in [0.25, 0.3) is 16.9 Å². The Bertz CT molecular complexity index is 2020. The first-order valence-corrected chi connectivity index (χ1v) is 13.8. The Kier molecular flexibility index (Phi) is 6.57. The van der Waals surface area contributed by atoms with Crippen molar-refractivity contribution in [2.24, 2.45) is 0 Å². The summed E-state index contributed by atoms with van der Waals surface area (Å²) in [5, 5.41) is 18.6. The number of aromatic nitrogens is 10. The van der Waals surface area contributed by atoms with Gasteiger partial charge in [-0.25, -0.2) is 23.8 Å². The summed E-state index contributed by atoms with van der Waals surface area (Å²) in [5.74, 6) is -1.20. The fourth-order valence-electron chi connectivity index (χ4n) is 4.91. The van der Waals surface area contributed by atoms with Gasteiger partial charge in [0.1, 0.15) is 11.8 Å². The third-order valence-corrected chi connectivity index (χ3v) is 7.39. The number of carbonyl (C=O) groups is 2. The van der Waals surface area contributed by atoms with Gasteiger partial charge >= 0.3 is 5.97 Å². The number of pyridine rings is 2. The molecule has 7 rings (SSSR count). The molecule has 0 bridgehead atoms. The zero-order valence-electron chi connectivity index (χ0n) is 22.7. The van der Waals surface area contributed by atoms with E-state index in [2.05, 4.69) is 30.8 Å². The quantitative estimate of drug-likeness (QED) is 0.246. The number of carbonyl (C=O) groups excluding carboxylic acids is 2. The van der Waals surface area contributed by atoms with E-state index in [0.717, 1.165) is 18.4 Å². The number of hydrogen-bond donors (Lipinski definition) is 1. The molecule has 0 aliphatic heterocycles. The molecule has 1 fully saturated rings. The number of fused-ring (bicyclic) bond motifs is 2. The maximum Gasteiger partial charge on any atom is 0.376 e. The molecule has 1 N–H and O–H groups in total. The molecule has 1 amide bonds. The van der Waals surface area contributed by atoms with Gasteiger partial charge in [-0.05, 0) is 43.4 Å². The molecule has 1 aliphatic rings. The molecule has 6 aromatic rings. The number of nitrogens with zero attached hydrogens (tertiary/aromatic N) is 10. The molecule has 14 nitrogen and oxygen atoms in total. The number of imidazole rings is 2. The second kappa shape index (κ2) is 10.6. The second-order valence-electron chi connectivity index (χ2n) is 10.0. The van der Waals surface area contributed by atoms with Crippen LogP contribution < -0.4 is 5.32 Å². The number of ether oxygens (including phenoxy) is 1. The Morgan fingerprint density at radius 1 is 1.16 bits per heavy atom. The van der Waals surface area contributed by atoms with Crippen LogP contribution >= 0.6 is 11.6 Å². The van der Waals surface area contributed by atoms with Crippen molar-refractivity contribution in [1.82, 2.24) is 53.8 Å². The van der Waals surface area contributed by atoms with Crippen molar-refractivity contribution in [2.75, 3.05) is 6.61 Å². The van der Waals surface area contributed by atoms with E-state index in [9.17, 15) is 14.0 Å². The van der Waals surface area contributed by atoms with Crippen LogP contribution in [0.15, 0.2) is 49.6 Å². The van der Waals surface area contributed by atoms with E-state index in [0.29, 0.717) is 28.6 Å². The minimum Gasteiger partial charge on any atom is -0.460 e. The third-order valence-electron chi connectivity index (χ3n) is 7.10. The molecule has 0 saturated heterocycles. The summed E-state index contributed by atoms with van der Waals surface area (Å²) >= 11 is 5.90. The predicted molar refractivity (Wildman–Crippen MR) is 148 cm³/mol. The van der Waals surface area contributed by atoms with E-state index in [1.165, 1.54) is 34.0 Å². The first-order valence-electron chi connectivity index (χ1n) is 13.5. The van der Waals surface area contributed by atoms with Crippen molar-refractivity contribution >= 4 is 34.6 Å². The molecule has 6 aromatic heterocycles. The van der Waals surface area contributed by atoms with Crippen molar-refractivity contribution in [3.05, 3.63) is 88.9 Å². The molecule has 0 atom stereocenters. The lowest BCUT2D eigenvalue weighted by molar-refractivity contribution is 0.0509. The molecule has 1 aliphatic carbocycles. The van der Waals surface area contributed by atoms with Gasteiger partial charge in [0.25, 0.3) is 5.91 Å². The van der Waals surface area contributed by atoms with Crippen molar-refractivity contribution in [3.8, 4) is 5.69 Å². The fraction of sp³-hybridized carbons (Fsp3) is 0.259. The Hall–Kier alpha value is -5.18.